The summed E-state index contributed by atoms with van der Waals surface area (Å²) in [7, 11) is 1.57. The normalized spacial score (nSPS) is 11.7. The van der Waals surface area contributed by atoms with E-state index in [4.69, 9.17) is 4.74 Å². The van der Waals surface area contributed by atoms with Crippen LogP contribution in [0.1, 0.15) is 11.4 Å². The lowest BCUT2D eigenvalue weighted by molar-refractivity contribution is -0.137. The highest BCUT2D eigenvalue weighted by atomic mass is 19.4. The van der Waals surface area contributed by atoms with Crippen molar-refractivity contribution < 1.29 is 22.3 Å². The van der Waals surface area contributed by atoms with Crippen molar-refractivity contribution in [2.45, 2.75) is 13.1 Å². The van der Waals surface area contributed by atoms with Crippen molar-refractivity contribution in [3.8, 4) is 11.4 Å². The van der Waals surface area contributed by atoms with Crippen molar-refractivity contribution in [2.24, 2.45) is 0 Å². The van der Waals surface area contributed by atoms with Crippen LogP contribution < -0.4 is 10.6 Å². The van der Waals surface area contributed by atoms with E-state index in [0.29, 0.717) is 47.3 Å². The highest BCUT2D eigenvalue weighted by Crippen LogP contribution is 2.31. The Bertz CT molecular complexity index is 1270. The van der Waals surface area contributed by atoms with Gasteiger partial charge in [0.15, 0.2) is 0 Å². The van der Waals surface area contributed by atoms with Gasteiger partial charge in [-0.2, -0.15) is 28.1 Å². The Hall–Kier alpha value is -3.80. The average molecular weight is 461 g/mol. The molecule has 2 aromatic heterocycles. The first-order chi connectivity index (χ1) is 15.7. The molecule has 0 atom stereocenters. The molecular weight excluding hydrogens is 442 g/mol. The van der Waals surface area contributed by atoms with Crippen LogP contribution in [0.5, 0.6) is 0 Å². The lowest BCUT2D eigenvalue weighted by atomic mass is 10.1. The predicted molar refractivity (Wildman–Crippen MR) is 115 cm³/mol. The van der Waals surface area contributed by atoms with Gasteiger partial charge in [0.25, 0.3) is 0 Å². The molecule has 2 heterocycles. The van der Waals surface area contributed by atoms with Crippen LogP contribution in [0.15, 0.2) is 36.4 Å². The molecule has 172 valence electrons. The number of aryl methyl sites for hydroxylation is 1. The molecule has 33 heavy (non-hydrogen) atoms. The number of nitrogens with one attached hydrogen (secondary N) is 3. The molecule has 4 rings (SSSR count). The predicted octanol–water partition coefficient (Wildman–Crippen LogP) is 4.68. The van der Waals surface area contributed by atoms with Crippen LogP contribution in [-0.2, 0) is 10.9 Å². The number of anilines is 3. The van der Waals surface area contributed by atoms with Crippen molar-refractivity contribution in [3.63, 3.8) is 0 Å². The highest BCUT2D eigenvalue weighted by molar-refractivity contribution is 5.83. The maximum absolute atomic E-state index is 14.7. The Balaban J connectivity index is 1.60. The van der Waals surface area contributed by atoms with Gasteiger partial charge < -0.3 is 20.4 Å². The molecule has 0 amide bonds. The summed E-state index contributed by atoms with van der Waals surface area (Å²) in [5, 5.41) is 5.81. The smallest absolute Gasteiger partial charge is 0.383 e. The van der Waals surface area contributed by atoms with E-state index in [0.717, 1.165) is 12.1 Å². The number of rotatable bonds is 7. The molecule has 0 bridgehead atoms. The van der Waals surface area contributed by atoms with Gasteiger partial charge in [0.05, 0.1) is 28.9 Å². The second kappa shape index (κ2) is 8.98. The SMILES string of the molecule is COCCNc1nc(C)nc(Nc2cc3[nH]c(-c4ccc(C(F)(F)F)cc4)nc3cc2F)n1. The number of aromatic nitrogens is 5. The summed E-state index contributed by atoms with van der Waals surface area (Å²) >= 11 is 0. The Morgan fingerprint density at radius 1 is 1.00 bits per heavy atom. The fourth-order valence-corrected chi connectivity index (χ4v) is 3.08. The van der Waals surface area contributed by atoms with E-state index in [9.17, 15) is 17.6 Å². The molecule has 0 unspecified atom stereocenters. The molecule has 0 aliphatic heterocycles. The molecular formula is C21H19F4N7O. The first-order valence-electron chi connectivity index (χ1n) is 9.82. The number of imidazole rings is 1. The number of aromatic amines is 1. The van der Waals surface area contributed by atoms with E-state index < -0.39 is 17.6 Å². The summed E-state index contributed by atoms with van der Waals surface area (Å²) in [6, 6.07) is 7.26. The Morgan fingerprint density at radius 3 is 2.42 bits per heavy atom. The molecule has 0 aliphatic rings. The summed E-state index contributed by atoms with van der Waals surface area (Å²) < 4.78 is 58.0. The monoisotopic (exact) mass is 461 g/mol. The fraction of sp³-hybridized carbons (Fsp3) is 0.238. The minimum absolute atomic E-state index is 0.0959. The highest BCUT2D eigenvalue weighted by Gasteiger charge is 2.30. The standard InChI is InChI=1S/C21H19F4N7O/c1-11-27-19(26-7-8-33-2)32-20(28-11)31-15-10-17-16(9-14(15)22)29-18(30-17)12-3-5-13(6-4-12)21(23,24)25/h3-6,9-10H,7-8H2,1-2H3,(H,29,30)(H2,26,27,28,31,32). The van der Waals surface area contributed by atoms with Gasteiger partial charge in [-0.05, 0) is 25.1 Å². The van der Waals surface area contributed by atoms with Crippen LogP contribution in [0, 0.1) is 12.7 Å². The third kappa shape index (κ3) is 5.17. The molecule has 0 aliphatic carbocycles. The number of halogens is 4. The Kier molecular flexibility index (Phi) is 6.09. The third-order valence-electron chi connectivity index (χ3n) is 4.64. The maximum atomic E-state index is 14.7. The van der Waals surface area contributed by atoms with Crippen LogP contribution in [0.25, 0.3) is 22.4 Å². The fourth-order valence-electron chi connectivity index (χ4n) is 3.08. The molecule has 0 radical (unpaired) electrons. The minimum atomic E-state index is -4.43. The van der Waals surface area contributed by atoms with E-state index >= 15 is 0 Å². The van der Waals surface area contributed by atoms with Crippen molar-refractivity contribution in [1.29, 1.82) is 0 Å². The number of hydrogen-bond donors (Lipinski definition) is 3. The molecule has 0 saturated carbocycles. The van der Waals surface area contributed by atoms with Gasteiger partial charge in [0.2, 0.25) is 11.9 Å². The summed E-state index contributed by atoms with van der Waals surface area (Å²) in [4.78, 5) is 19.8. The second-order valence-electron chi connectivity index (χ2n) is 7.08. The molecule has 12 heteroatoms. The number of benzene rings is 2. The lowest BCUT2D eigenvalue weighted by Crippen LogP contribution is -2.12. The minimum Gasteiger partial charge on any atom is -0.383 e. The Labute approximate surface area is 185 Å². The van der Waals surface area contributed by atoms with Crippen molar-refractivity contribution in [1.82, 2.24) is 24.9 Å². The number of nitrogens with zero attached hydrogens (tertiary/aromatic N) is 4. The molecule has 8 nitrogen and oxygen atoms in total. The van der Waals surface area contributed by atoms with Crippen LogP contribution in [-0.4, -0.2) is 45.2 Å². The van der Waals surface area contributed by atoms with E-state index in [1.54, 1.807) is 14.0 Å². The number of ether oxygens (including phenoxy) is 1. The van der Waals surface area contributed by atoms with E-state index in [2.05, 4.69) is 35.6 Å². The van der Waals surface area contributed by atoms with Gasteiger partial charge in [-0.3, -0.25) is 0 Å². The Morgan fingerprint density at radius 2 is 1.73 bits per heavy atom. The van der Waals surface area contributed by atoms with Crippen LogP contribution in [0.3, 0.4) is 0 Å². The average Bonchev–Trinajstić information content (AvgIpc) is 3.16. The molecule has 2 aromatic carbocycles. The van der Waals surface area contributed by atoms with Crippen LogP contribution >= 0.6 is 0 Å². The molecule has 4 aromatic rings. The lowest BCUT2D eigenvalue weighted by Gasteiger charge is -2.09. The van der Waals surface area contributed by atoms with Gasteiger partial charge in [0, 0.05) is 25.3 Å². The van der Waals surface area contributed by atoms with Crippen molar-refractivity contribution in [2.75, 3.05) is 30.9 Å². The zero-order valence-electron chi connectivity index (χ0n) is 17.6. The van der Waals surface area contributed by atoms with Gasteiger partial charge in [-0.25, -0.2) is 9.37 Å². The third-order valence-corrected chi connectivity index (χ3v) is 4.64. The number of H-pyrrole nitrogens is 1. The van der Waals surface area contributed by atoms with Gasteiger partial charge in [0.1, 0.15) is 17.5 Å². The summed E-state index contributed by atoms with van der Waals surface area (Å²) in [6.45, 7) is 2.62. The van der Waals surface area contributed by atoms with Gasteiger partial charge in [-0.1, -0.05) is 12.1 Å². The van der Waals surface area contributed by atoms with Crippen molar-refractivity contribution in [3.05, 3.63) is 53.6 Å². The summed E-state index contributed by atoms with van der Waals surface area (Å²) in [5.74, 6) is 0.605. The molecule has 3 N–H and O–H groups in total. The zero-order chi connectivity index (χ0) is 23.6. The van der Waals surface area contributed by atoms with Crippen LogP contribution in [0.2, 0.25) is 0 Å². The second-order valence-corrected chi connectivity index (χ2v) is 7.08. The quantitative estimate of drug-likeness (QED) is 0.271. The molecule has 0 fully saturated rings. The first-order valence-corrected chi connectivity index (χ1v) is 9.82. The van der Waals surface area contributed by atoms with E-state index in [1.807, 2.05) is 0 Å². The maximum Gasteiger partial charge on any atom is 0.416 e. The van der Waals surface area contributed by atoms with Crippen LogP contribution in [0.4, 0.5) is 35.1 Å². The largest absolute Gasteiger partial charge is 0.416 e. The number of alkyl halides is 3. The first kappa shape index (κ1) is 22.4. The van der Waals surface area contributed by atoms with E-state index in [1.165, 1.54) is 24.3 Å². The van der Waals surface area contributed by atoms with E-state index in [-0.39, 0.29) is 11.6 Å². The number of hydrogen-bond acceptors (Lipinski definition) is 7. The molecule has 0 spiro atoms. The summed E-state index contributed by atoms with van der Waals surface area (Å²) in [5.41, 5.74) is 0.580. The van der Waals surface area contributed by atoms with Gasteiger partial charge >= 0.3 is 6.18 Å². The number of methoxy groups -OCH3 is 1. The topological polar surface area (TPSA) is 101 Å². The number of fused-ring (bicyclic) bond motifs is 1. The zero-order valence-corrected chi connectivity index (χ0v) is 17.6. The molecule has 0 saturated heterocycles. The van der Waals surface area contributed by atoms with Gasteiger partial charge in [-0.15, -0.1) is 0 Å². The summed E-state index contributed by atoms with van der Waals surface area (Å²) in [6.07, 6.45) is -4.43. The van der Waals surface area contributed by atoms with Crippen molar-refractivity contribution >= 4 is 28.6 Å².